The van der Waals surface area contributed by atoms with Crippen LogP contribution in [0.2, 0.25) is 0 Å². The molecule has 3 aliphatic heterocycles. The number of aliphatic hydroxyl groups is 11. The Hall–Kier alpha value is -1.70. The van der Waals surface area contributed by atoms with Gasteiger partial charge in [0.15, 0.2) is 12.6 Å². The van der Waals surface area contributed by atoms with E-state index in [4.69, 9.17) is 23.7 Å². The molecule has 3 fully saturated rings. The van der Waals surface area contributed by atoms with Crippen molar-refractivity contribution >= 4 is 11.9 Å². The highest BCUT2D eigenvalue weighted by molar-refractivity contribution is 5.76. The first-order chi connectivity index (χ1) is 20.1. The maximum absolute atomic E-state index is 12.5. The Balaban J connectivity index is 1.94. The number of rotatable bonds is 11. The fourth-order valence-electron chi connectivity index (χ4n) is 5.16. The van der Waals surface area contributed by atoms with Gasteiger partial charge in [0, 0.05) is 13.3 Å². The van der Waals surface area contributed by atoms with Crippen LogP contribution in [0, 0.1) is 0 Å². The number of hydrogen-bond acceptors (Lipinski definition) is 18. The molecule has 13 N–H and O–H groups in total. The van der Waals surface area contributed by atoms with E-state index in [1.54, 1.807) is 0 Å². The van der Waals surface area contributed by atoms with Crippen molar-refractivity contribution in [3.63, 3.8) is 0 Å². The molecule has 3 aliphatic rings. The molecule has 43 heavy (non-hydrogen) atoms. The van der Waals surface area contributed by atoms with E-state index in [2.05, 4.69) is 5.32 Å². The fraction of sp³-hybridized carbons (Fsp3) is 0.913. The largest absolute Gasteiger partial charge is 0.477 e. The van der Waals surface area contributed by atoms with Gasteiger partial charge in [-0.25, -0.2) is 4.79 Å². The predicted molar refractivity (Wildman–Crippen MR) is 130 cm³/mol. The summed E-state index contributed by atoms with van der Waals surface area (Å²) in [6, 6.07) is -1.54. The van der Waals surface area contributed by atoms with Gasteiger partial charge in [0.25, 0.3) is 5.79 Å². The maximum Gasteiger partial charge on any atom is 0.364 e. The number of carboxylic acid groups (broad SMARTS) is 1. The molecule has 20 nitrogen and oxygen atoms in total. The Kier molecular flexibility index (Phi) is 12.1. The van der Waals surface area contributed by atoms with Crippen LogP contribution in [0.25, 0.3) is 0 Å². The number of nitrogens with one attached hydrogen (secondary N) is 1. The van der Waals surface area contributed by atoms with Crippen molar-refractivity contribution in [3.05, 3.63) is 0 Å². The summed E-state index contributed by atoms with van der Waals surface area (Å²) in [5.74, 6) is -5.74. The SMILES string of the molecule is CC(=O)NC1C(O)CC(OC2C(O)C(CO)OC(OC3C(CO)OC(O)C(O)C3O)C2O)(C(=O)O)OC1C(O)[C@@H](O)CO. The van der Waals surface area contributed by atoms with Gasteiger partial charge in [0.2, 0.25) is 5.91 Å². The van der Waals surface area contributed by atoms with Gasteiger partial charge in [0.05, 0.1) is 32.0 Å². The monoisotopic (exact) mass is 633 g/mol. The number of amides is 1. The van der Waals surface area contributed by atoms with Crippen LogP contribution >= 0.6 is 0 Å². The molecule has 0 bridgehead atoms. The van der Waals surface area contributed by atoms with Crippen molar-refractivity contribution in [2.45, 2.75) is 111 Å². The van der Waals surface area contributed by atoms with Crippen molar-refractivity contribution in [2.24, 2.45) is 0 Å². The van der Waals surface area contributed by atoms with Gasteiger partial charge in [-0.2, -0.15) is 0 Å². The predicted octanol–water partition coefficient (Wildman–Crippen LogP) is -8.22. The summed E-state index contributed by atoms with van der Waals surface area (Å²) < 4.78 is 26.8. The minimum absolute atomic E-state index is 0.749. The second-order valence-corrected chi connectivity index (χ2v) is 10.5. The van der Waals surface area contributed by atoms with Crippen LogP contribution in [-0.2, 0) is 33.3 Å². The number of hydrogen-bond donors (Lipinski definition) is 13. The van der Waals surface area contributed by atoms with Crippen molar-refractivity contribution < 1.29 is 94.6 Å². The van der Waals surface area contributed by atoms with Gasteiger partial charge in [-0.3, -0.25) is 4.79 Å². The summed E-state index contributed by atoms with van der Waals surface area (Å²) in [5.41, 5.74) is 0. The van der Waals surface area contributed by atoms with E-state index >= 15 is 0 Å². The summed E-state index contributed by atoms with van der Waals surface area (Å²) in [4.78, 5) is 24.3. The molecule has 0 aliphatic carbocycles. The minimum atomic E-state index is -3.02. The molecule has 0 saturated carbocycles. The van der Waals surface area contributed by atoms with E-state index in [-0.39, 0.29) is 0 Å². The van der Waals surface area contributed by atoms with Crippen LogP contribution < -0.4 is 5.32 Å². The van der Waals surface area contributed by atoms with Crippen LogP contribution in [0.3, 0.4) is 0 Å². The van der Waals surface area contributed by atoms with E-state index in [1.165, 1.54) is 0 Å². The number of ether oxygens (including phenoxy) is 5. The first-order valence-electron chi connectivity index (χ1n) is 13.2. The number of carbonyl (C=O) groups excluding carboxylic acids is 1. The number of aliphatic carboxylic acids is 1. The van der Waals surface area contributed by atoms with Gasteiger partial charge in [-0.1, -0.05) is 0 Å². The first kappa shape index (κ1) is 35.8. The molecule has 15 unspecified atom stereocenters. The topological polar surface area (TPSA) is 335 Å². The van der Waals surface area contributed by atoms with E-state index < -0.39 is 136 Å². The molecule has 0 radical (unpaired) electrons. The zero-order valence-electron chi connectivity index (χ0n) is 22.7. The van der Waals surface area contributed by atoms with Crippen LogP contribution in [0.1, 0.15) is 13.3 Å². The molecule has 3 rings (SSSR count). The van der Waals surface area contributed by atoms with Crippen molar-refractivity contribution in [2.75, 3.05) is 19.8 Å². The second kappa shape index (κ2) is 14.6. The van der Waals surface area contributed by atoms with Crippen LogP contribution in [0.15, 0.2) is 0 Å². The van der Waals surface area contributed by atoms with Gasteiger partial charge in [-0.15, -0.1) is 0 Å². The Labute approximate surface area is 243 Å². The minimum Gasteiger partial charge on any atom is -0.477 e. The third-order valence-corrected chi connectivity index (χ3v) is 7.47. The molecule has 3 saturated heterocycles. The summed E-state index contributed by atoms with van der Waals surface area (Å²) >= 11 is 0. The van der Waals surface area contributed by atoms with E-state index in [1.807, 2.05) is 0 Å². The Morgan fingerprint density at radius 3 is 2.07 bits per heavy atom. The first-order valence-corrected chi connectivity index (χ1v) is 13.2. The standard InChI is InChI=1S/C23H39NO19/c1-6(28)24-11-7(29)2-23(22(37)38,42-18(11)12(31)8(30)3-25)43-19-13(32)9(4-26)40-21(16(19)35)41-17-10(5-27)39-20(36)15(34)14(17)33/h7-21,25-27,29-36H,2-5H2,1H3,(H,24,28)(H,37,38)/t7?,8-,9?,10?,11?,12?,13?,14?,15?,16?,17?,18?,19?,20?,21?,23?/m0/s1. The lowest BCUT2D eigenvalue weighted by molar-refractivity contribution is -0.385. The van der Waals surface area contributed by atoms with Crippen molar-refractivity contribution in [1.29, 1.82) is 0 Å². The average Bonchev–Trinajstić information content (AvgIpc) is 2.96. The molecular formula is C23H39NO19. The molecule has 1 amide bonds. The quantitative estimate of drug-likeness (QED) is 0.100. The summed E-state index contributed by atoms with van der Waals surface area (Å²) in [5, 5.41) is 124. The lowest BCUT2D eigenvalue weighted by atomic mass is 9.88. The molecule has 16 atom stereocenters. The third kappa shape index (κ3) is 7.41. The summed E-state index contributed by atoms with van der Waals surface area (Å²) in [6.07, 6.45) is -27.8. The zero-order valence-corrected chi connectivity index (χ0v) is 22.7. The molecule has 20 heteroatoms. The van der Waals surface area contributed by atoms with Crippen LogP contribution in [0.5, 0.6) is 0 Å². The van der Waals surface area contributed by atoms with E-state index in [0.717, 1.165) is 6.92 Å². The molecule has 0 aromatic carbocycles. The Morgan fingerprint density at radius 1 is 0.907 bits per heavy atom. The molecular weight excluding hydrogens is 594 g/mol. The number of carboxylic acids is 1. The average molecular weight is 634 g/mol. The van der Waals surface area contributed by atoms with Crippen molar-refractivity contribution in [3.8, 4) is 0 Å². The summed E-state index contributed by atoms with van der Waals surface area (Å²) in [6.45, 7) is -1.85. The normalized spacial score (nSPS) is 45.3. The second-order valence-electron chi connectivity index (χ2n) is 10.5. The fourth-order valence-corrected chi connectivity index (χ4v) is 5.16. The zero-order chi connectivity index (χ0) is 32.4. The van der Waals surface area contributed by atoms with E-state index in [0.29, 0.717) is 0 Å². The molecule has 250 valence electrons. The van der Waals surface area contributed by atoms with Gasteiger partial charge in [-0.05, 0) is 0 Å². The highest BCUT2D eigenvalue weighted by Crippen LogP contribution is 2.38. The highest BCUT2D eigenvalue weighted by atomic mass is 16.8. The van der Waals surface area contributed by atoms with Crippen molar-refractivity contribution in [1.82, 2.24) is 5.32 Å². The lowest BCUT2D eigenvalue weighted by Gasteiger charge is -2.50. The van der Waals surface area contributed by atoms with E-state index in [9.17, 15) is 70.9 Å². The number of carbonyl (C=O) groups is 2. The molecule has 3 heterocycles. The lowest BCUT2D eigenvalue weighted by Crippen LogP contribution is -2.70. The molecule has 0 aromatic rings. The Morgan fingerprint density at radius 2 is 1.53 bits per heavy atom. The van der Waals surface area contributed by atoms with Crippen LogP contribution in [0.4, 0.5) is 0 Å². The maximum atomic E-state index is 12.5. The van der Waals surface area contributed by atoms with Gasteiger partial charge < -0.3 is 90.3 Å². The smallest absolute Gasteiger partial charge is 0.364 e. The van der Waals surface area contributed by atoms with Crippen LogP contribution in [-0.4, -0.2) is 191 Å². The van der Waals surface area contributed by atoms with Gasteiger partial charge >= 0.3 is 5.97 Å². The van der Waals surface area contributed by atoms with Gasteiger partial charge in [0.1, 0.15) is 67.1 Å². The Bertz CT molecular complexity index is 942. The third-order valence-electron chi connectivity index (χ3n) is 7.47. The molecule has 0 spiro atoms. The number of aliphatic hydroxyl groups excluding tert-OH is 11. The summed E-state index contributed by atoms with van der Waals surface area (Å²) in [7, 11) is 0. The highest BCUT2D eigenvalue weighted by Gasteiger charge is 2.60. The molecule has 0 aromatic heterocycles.